The summed E-state index contributed by atoms with van der Waals surface area (Å²) >= 11 is 0. The third-order valence-electron chi connectivity index (χ3n) is 10.9. The van der Waals surface area contributed by atoms with Crippen molar-refractivity contribution in [3.05, 3.63) is 187 Å². The van der Waals surface area contributed by atoms with Crippen LogP contribution in [0.4, 0.5) is 17.1 Å². The van der Waals surface area contributed by atoms with Gasteiger partial charge in [-0.3, -0.25) is 0 Å². The highest BCUT2D eigenvalue weighted by Gasteiger charge is 2.37. The molecule has 2 nitrogen and oxygen atoms in total. The van der Waals surface area contributed by atoms with Crippen molar-refractivity contribution in [2.45, 2.75) is 19.3 Å². The lowest BCUT2D eigenvalue weighted by Gasteiger charge is -2.31. The van der Waals surface area contributed by atoms with Gasteiger partial charge in [-0.1, -0.05) is 153 Å². The first-order chi connectivity index (χ1) is 25.1. The van der Waals surface area contributed by atoms with E-state index in [1.165, 1.54) is 44.2 Å². The second kappa shape index (κ2) is 11.3. The lowest BCUT2D eigenvalue weighted by atomic mass is 9.82. The summed E-state index contributed by atoms with van der Waals surface area (Å²) in [6.45, 7) is 4.70. The van der Waals surface area contributed by atoms with Crippen LogP contribution in [-0.4, -0.2) is 0 Å². The molecule has 10 rings (SSSR count). The second-order valence-electron chi connectivity index (χ2n) is 14.1. The van der Waals surface area contributed by atoms with E-state index in [9.17, 15) is 0 Å². The summed E-state index contributed by atoms with van der Waals surface area (Å²) in [5.41, 5.74) is 15.1. The molecule has 0 fully saturated rings. The molecule has 242 valence electrons. The molecule has 2 heteroatoms. The molecule has 0 N–H and O–H groups in total. The zero-order valence-corrected chi connectivity index (χ0v) is 28.6. The van der Waals surface area contributed by atoms with Crippen molar-refractivity contribution in [1.82, 2.24) is 0 Å². The average molecular weight is 654 g/mol. The van der Waals surface area contributed by atoms with Crippen LogP contribution < -0.4 is 4.90 Å². The van der Waals surface area contributed by atoms with Crippen molar-refractivity contribution < 1.29 is 4.42 Å². The molecular weight excluding hydrogens is 619 g/mol. The number of hydrogen-bond donors (Lipinski definition) is 0. The van der Waals surface area contributed by atoms with Crippen LogP contribution >= 0.6 is 0 Å². The molecule has 0 radical (unpaired) electrons. The van der Waals surface area contributed by atoms with Gasteiger partial charge in [0, 0.05) is 32.7 Å². The van der Waals surface area contributed by atoms with Crippen LogP contribution in [-0.2, 0) is 5.41 Å². The summed E-state index contributed by atoms with van der Waals surface area (Å²) in [4.78, 5) is 2.47. The Balaban J connectivity index is 1.25. The molecule has 0 atom stereocenters. The normalized spacial score (nSPS) is 13.1. The molecule has 0 aliphatic heterocycles. The number of nitrogens with zero attached hydrogens (tertiary/aromatic N) is 1. The summed E-state index contributed by atoms with van der Waals surface area (Å²) in [6, 6.07) is 63.7. The molecule has 0 saturated carbocycles. The number of hydrogen-bond acceptors (Lipinski definition) is 2. The minimum atomic E-state index is -0.0892. The fourth-order valence-corrected chi connectivity index (χ4v) is 8.47. The van der Waals surface area contributed by atoms with Crippen molar-refractivity contribution in [3.63, 3.8) is 0 Å². The van der Waals surface area contributed by atoms with E-state index in [0.29, 0.717) is 0 Å². The van der Waals surface area contributed by atoms with Gasteiger partial charge in [0.15, 0.2) is 0 Å². The minimum absolute atomic E-state index is 0.0892. The summed E-state index contributed by atoms with van der Waals surface area (Å²) in [5, 5.41) is 4.67. The lowest BCUT2D eigenvalue weighted by Crippen LogP contribution is -2.15. The molecule has 8 aromatic carbocycles. The number of furan rings is 1. The summed E-state index contributed by atoms with van der Waals surface area (Å²) < 4.78 is 6.39. The molecule has 0 spiro atoms. The summed E-state index contributed by atoms with van der Waals surface area (Å²) in [7, 11) is 0. The van der Waals surface area contributed by atoms with Gasteiger partial charge in [0.1, 0.15) is 11.2 Å². The third kappa shape index (κ3) is 4.50. The van der Waals surface area contributed by atoms with E-state index in [1.807, 2.05) is 12.1 Å². The van der Waals surface area contributed by atoms with Crippen LogP contribution in [0.2, 0.25) is 0 Å². The molecule has 0 bridgehead atoms. The van der Waals surface area contributed by atoms with E-state index in [4.69, 9.17) is 4.42 Å². The van der Waals surface area contributed by atoms with Crippen LogP contribution in [0.1, 0.15) is 25.0 Å². The number of rotatable bonds is 5. The monoisotopic (exact) mass is 653 g/mol. The first-order valence-corrected chi connectivity index (χ1v) is 17.7. The standard InChI is InChI=1S/C49H35NO/c1-49(2)41-23-9-5-21-40(41)48-39(22-14-24-42(48)49)36-19-7-11-26-45(36)50(44-27-13-16-32-15-3-4-17-34(32)44)43-25-10-6-18-35(43)33-29-30-38-37-20-8-12-28-46(37)51-47(38)31-33/h3-31H,1-2H3. The molecule has 0 unspecified atom stereocenters. The molecule has 1 heterocycles. The first kappa shape index (κ1) is 29.5. The van der Waals surface area contributed by atoms with Crippen LogP contribution in [0.15, 0.2) is 180 Å². The van der Waals surface area contributed by atoms with E-state index in [-0.39, 0.29) is 5.41 Å². The van der Waals surface area contributed by atoms with Crippen LogP contribution in [0.25, 0.3) is 66.1 Å². The molecule has 9 aromatic rings. The van der Waals surface area contributed by atoms with E-state index < -0.39 is 0 Å². The SMILES string of the molecule is CC1(C)c2ccccc2-c2c(-c3ccccc3N(c3ccccc3-c3ccc4c(c3)oc3ccccc34)c3cccc4ccccc34)cccc21. The van der Waals surface area contributed by atoms with Gasteiger partial charge in [0.05, 0.1) is 17.1 Å². The Hall–Kier alpha value is -6.38. The predicted octanol–water partition coefficient (Wildman–Crippen LogP) is 13.8. The number of anilines is 3. The van der Waals surface area contributed by atoms with E-state index in [2.05, 4.69) is 183 Å². The molecule has 51 heavy (non-hydrogen) atoms. The molecule has 0 saturated heterocycles. The van der Waals surface area contributed by atoms with Gasteiger partial charge in [-0.2, -0.15) is 0 Å². The molecular formula is C49H35NO. The minimum Gasteiger partial charge on any atom is -0.456 e. The zero-order chi connectivity index (χ0) is 34.1. The Labute approximate surface area is 297 Å². The maximum Gasteiger partial charge on any atom is 0.136 e. The molecule has 0 amide bonds. The van der Waals surface area contributed by atoms with Gasteiger partial charge < -0.3 is 9.32 Å². The summed E-state index contributed by atoms with van der Waals surface area (Å²) in [6.07, 6.45) is 0. The van der Waals surface area contributed by atoms with Gasteiger partial charge in [0.25, 0.3) is 0 Å². The number of benzene rings is 8. The van der Waals surface area contributed by atoms with Gasteiger partial charge >= 0.3 is 0 Å². The van der Waals surface area contributed by atoms with Crippen molar-refractivity contribution in [1.29, 1.82) is 0 Å². The average Bonchev–Trinajstić information content (AvgIpc) is 3.67. The Bertz CT molecular complexity index is 2800. The van der Waals surface area contributed by atoms with Gasteiger partial charge in [-0.05, 0) is 75.2 Å². The third-order valence-corrected chi connectivity index (χ3v) is 10.9. The maximum atomic E-state index is 6.39. The Morgan fingerprint density at radius 2 is 0.980 bits per heavy atom. The van der Waals surface area contributed by atoms with Crippen molar-refractivity contribution in [2.75, 3.05) is 4.90 Å². The van der Waals surface area contributed by atoms with E-state index in [0.717, 1.165) is 50.1 Å². The topological polar surface area (TPSA) is 16.4 Å². The molecule has 1 aromatic heterocycles. The highest BCUT2D eigenvalue weighted by molar-refractivity contribution is 6.08. The van der Waals surface area contributed by atoms with Crippen molar-refractivity contribution >= 4 is 49.8 Å². The highest BCUT2D eigenvalue weighted by Crippen LogP contribution is 2.54. The van der Waals surface area contributed by atoms with Gasteiger partial charge in [0.2, 0.25) is 0 Å². The fourth-order valence-electron chi connectivity index (χ4n) is 8.47. The number of fused-ring (bicyclic) bond motifs is 7. The summed E-state index contributed by atoms with van der Waals surface area (Å²) in [5.74, 6) is 0. The second-order valence-corrected chi connectivity index (χ2v) is 14.1. The van der Waals surface area contributed by atoms with Crippen molar-refractivity contribution in [3.8, 4) is 33.4 Å². The smallest absolute Gasteiger partial charge is 0.136 e. The largest absolute Gasteiger partial charge is 0.456 e. The first-order valence-electron chi connectivity index (χ1n) is 17.7. The van der Waals surface area contributed by atoms with Crippen LogP contribution in [0, 0.1) is 0 Å². The number of para-hydroxylation sites is 3. The fraction of sp³-hybridized carbons (Fsp3) is 0.0612. The Kier molecular flexibility index (Phi) is 6.56. The Morgan fingerprint density at radius 3 is 1.84 bits per heavy atom. The molecule has 1 aliphatic rings. The van der Waals surface area contributed by atoms with Crippen molar-refractivity contribution in [2.24, 2.45) is 0 Å². The van der Waals surface area contributed by atoms with Gasteiger partial charge in [-0.25, -0.2) is 0 Å². The van der Waals surface area contributed by atoms with Gasteiger partial charge in [-0.15, -0.1) is 0 Å². The van der Waals surface area contributed by atoms with E-state index in [1.54, 1.807) is 0 Å². The van der Waals surface area contributed by atoms with E-state index >= 15 is 0 Å². The predicted molar refractivity (Wildman–Crippen MR) is 214 cm³/mol. The Morgan fingerprint density at radius 1 is 0.412 bits per heavy atom. The van der Waals surface area contributed by atoms with Crippen LogP contribution in [0.3, 0.4) is 0 Å². The highest BCUT2D eigenvalue weighted by atomic mass is 16.3. The maximum absolute atomic E-state index is 6.39. The molecule has 1 aliphatic carbocycles. The quantitative estimate of drug-likeness (QED) is 0.184. The van der Waals surface area contributed by atoms with Crippen LogP contribution in [0.5, 0.6) is 0 Å². The lowest BCUT2D eigenvalue weighted by molar-refractivity contribution is 0.660. The zero-order valence-electron chi connectivity index (χ0n) is 28.6.